The fraction of sp³-hybridized carbons (Fsp3) is 0.606. The van der Waals surface area contributed by atoms with E-state index in [0.29, 0.717) is 19.3 Å². The van der Waals surface area contributed by atoms with Crippen LogP contribution in [0.25, 0.3) is 10.4 Å². The summed E-state index contributed by atoms with van der Waals surface area (Å²) in [6, 6.07) is 6.03. The maximum Gasteiger partial charge on any atom is 0.303 e. The molecule has 4 atom stereocenters. The Balaban J connectivity index is 1.50. The van der Waals surface area contributed by atoms with Gasteiger partial charge < -0.3 is 25.7 Å². The fourth-order valence-electron chi connectivity index (χ4n) is 5.58. The van der Waals surface area contributed by atoms with Gasteiger partial charge in [0.1, 0.15) is 12.1 Å². The van der Waals surface area contributed by atoms with Crippen molar-refractivity contribution in [2.24, 2.45) is 5.92 Å². The Kier molecular flexibility index (Phi) is 13.8. The molecule has 0 saturated carbocycles. The molecular weight excluding hydrogens is 580 g/mol. The zero-order valence-electron chi connectivity index (χ0n) is 26.4. The number of carbonyl (C=O) groups is 4. The fourth-order valence-corrected chi connectivity index (χ4v) is 6.40. The molecule has 3 amide bonds. The van der Waals surface area contributed by atoms with Gasteiger partial charge in [0.15, 0.2) is 0 Å². The van der Waals surface area contributed by atoms with Gasteiger partial charge in [0, 0.05) is 25.8 Å². The summed E-state index contributed by atoms with van der Waals surface area (Å²) in [7, 11) is 0. The average molecular weight is 629 g/mol. The van der Waals surface area contributed by atoms with Gasteiger partial charge in [0.25, 0.3) is 0 Å². The highest BCUT2D eigenvalue weighted by Crippen LogP contribution is 2.29. The van der Waals surface area contributed by atoms with Crippen molar-refractivity contribution in [1.82, 2.24) is 20.5 Å². The standard InChI is InChI=1S/C33H48N4O6S/c1-21(2)30(36-28(39)12-10-8-6-5-7-9-11-13-29(40)41)33(43)37-19-26(38)18-27(37)32(42)35-22(3)24-14-16-25(17-15-24)31-23(4)34-20-44-31/h14-17,20-22,26-27,30,38H,5-13,18-19H2,1-4H3,(H,35,42)(H,36,39)(H,40,41)/t22?,26-,27+,30?/m1/s1. The van der Waals surface area contributed by atoms with Crippen molar-refractivity contribution < 1.29 is 29.4 Å². The van der Waals surface area contributed by atoms with Crippen LogP contribution in [0.15, 0.2) is 29.8 Å². The summed E-state index contributed by atoms with van der Waals surface area (Å²) in [5.74, 6) is -1.85. The average Bonchev–Trinajstić information content (AvgIpc) is 3.59. The second kappa shape index (κ2) is 17.2. The Bertz CT molecular complexity index is 1250. The molecule has 0 spiro atoms. The summed E-state index contributed by atoms with van der Waals surface area (Å²) in [5.41, 5.74) is 4.78. The largest absolute Gasteiger partial charge is 0.481 e. The van der Waals surface area contributed by atoms with Gasteiger partial charge in [-0.25, -0.2) is 4.98 Å². The van der Waals surface area contributed by atoms with Crippen molar-refractivity contribution in [3.63, 3.8) is 0 Å². The Morgan fingerprint density at radius 1 is 0.955 bits per heavy atom. The van der Waals surface area contributed by atoms with E-state index in [1.54, 1.807) is 11.3 Å². The molecule has 3 rings (SSSR count). The van der Waals surface area contributed by atoms with Crippen LogP contribution in [0.5, 0.6) is 0 Å². The van der Waals surface area contributed by atoms with Crippen LogP contribution in [0.2, 0.25) is 0 Å². The van der Waals surface area contributed by atoms with Crippen LogP contribution in [-0.2, 0) is 19.2 Å². The quantitative estimate of drug-likeness (QED) is 0.180. The molecule has 2 unspecified atom stereocenters. The number of carboxylic acid groups (broad SMARTS) is 1. The van der Waals surface area contributed by atoms with E-state index in [4.69, 9.17) is 5.11 Å². The van der Waals surface area contributed by atoms with Gasteiger partial charge in [-0.2, -0.15) is 0 Å². The summed E-state index contributed by atoms with van der Waals surface area (Å²) >= 11 is 1.58. The highest BCUT2D eigenvalue weighted by atomic mass is 32.1. The first kappa shape index (κ1) is 35.2. The number of thiazole rings is 1. The lowest BCUT2D eigenvalue weighted by atomic mass is 10.0. The molecule has 1 aliphatic heterocycles. The number of hydrogen-bond acceptors (Lipinski definition) is 7. The van der Waals surface area contributed by atoms with Gasteiger partial charge in [-0.15, -0.1) is 11.3 Å². The number of unbranched alkanes of at least 4 members (excludes halogenated alkanes) is 6. The molecule has 1 fully saturated rings. The van der Waals surface area contributed by atoms with Crippen molar-refractivity contribution in [1.29, 1.82) is 0 Å². The number of aliphatic carboxylic acids is 1. The van der Waals surface area contributed by atoms with Crippen molar-refractivity contribution in [2.45, 2.75) is 116 Å². The number of benzene rings is 1. The number of hydrogen-bond donors (Lipinski definition) is 4. The summed E-state index contributed by atoms with van der Waals surface area (Å²) in [5, 5.41) is 25.0. The van der Waals surface area contributed by atoms with Crippen LogP contribution < -0.4 is 10.6 Å². The minimum atomic E-state index is -0.826. The van der Waals surface area contributed by atoms with Gasteiger partial charge >= 0.3 is 5.97 Å². The molecule has 1 aromatic carbocycles. The number of carbonyl (C=O) groups excluding carboxylic acids is 3. The molecule has 2 aromatic rings. The number of aliphatic hydroxyl groups excluding tert-OH is 1. The van der Waals surface area contributed by atoms with E-state index in [9.17, 15) is 24.3 Å². The van der Waals surface area contributed by atoms with Gasteiger partial charge in [0.2, 0.25) is 17.7 Å². The maximum absolute atomic E-state index is 13.6. The topological polar surface area (TPSA) is 149 Å². The number of likely N-dealkylation sites (tertiary alicyclic amines) is 1. The number of nitrogens with one attached hydrogen (secondary N) is 2. The summed E-state index contributed by atoms with van der Waals surface area (Å²) in [6.07, 6.45) is 5.99. The highest BCUT2D eigenvalue weighted by Gasteiger charge is 2.42. The predicted octanol–water partition coefficient (Wildman–Crippen LogP) is 4.99. The molecule has 0 aliphatic carbocycles. The number of aryl methyl sites for hydroxylation is 1. The lowest BCUT2D eigenvalue weighted by Crippen LogP contribution is -2.55. The molecule has 44 heavy (non-hydrogen) atoms. The first-order valence-corrected chi connectivity index (χ1v) is 16.7. The van der Waals surface area contributed by atoms with Crippen LogP contribution in [0.4, 0.5) is 0 Å². The van der Waals surface area contributed by atoms with Gasteiger partial charge in [-0.3, -0.25) is 19.2 Å². The zero-order valence-corrected chi connectivity index (χ0v) is 27.2. The summed E-state index contributed by atoms with van der Waals surface area (Å²) < 4.78 is 0. The Hall–Kier alpha value is -3.31. The van der Waals surface area contributed by atoms with E-state index < -0.39 is 24.2 Å². The van der Waals surface area contributed by atoms with Crippen LogP contribution in [-0.4, -0.2) is 68.5 Å². The number of aromatic nitrogens is 1. The van der Waals surface area contributed by atoms with E-state index in [1.807, 2.05) is 57.5 Å². The number of β-amino-alcohol motifs (C(OH)–C–C–N with tert-alkyl or cyclic N) is 1. The molecule has 11 heteroatoms. The lowest BCUT2D eigenvalue weighted by molar-refractivity contribution is -0.142. The third-order valence-corrected chi connectivity index (χ3v) is 9.16. The summed E-state index contributed by atoms with van der Waals surface area (Å²) in [6.45, 7) is 7.61. The molecule has 2 heterocycles. The Morgan fingerprint density at radius 2 is 1.57 bits per heavy atom. The lowest BCUT2D eigenvalue weighted by Gasteiger charge is -2.31. The van der Waals surface area contributed by atoms with Crippen molar-refractivity contribution in [3.05, 3.63) is 41.0 Å². The number of amides is 3. The van der Waals surface area contributed by atoms with Crippen molar-refractivity contribution >= 4 is 35.0 Å². The molecule has 1 aromatic heterocycles. The minimum absolute atomic E-state index is 0.0414. The van der Waals surface area contributed by atoms with Crippen LogP contribution in [0.3, 0.4) is 0 Å². The Labute approximate surface area is 264 Å². The summed E-state index contributed by atoms with van der Waals surface area (Å²) in [4.78, 5) is 57.2. The monoisotopic (exact) mass is 628 g/mol. The number of aliphatic hydroxyl groups is 1. The third-order valence-electron chi connectivity index (χ3n) is 8.19. The van der Waals surface area contributed by atoms with E-state index in [-0.39, 0.29) is 49.1 Å². The van der Waals surface area contributed by atoms with Crippen molar-refractivity contribution in [2.75, 3.05) is 6.54 Å². The molecule has 1 aliphatic rings. The SMILES string of the molecule is Cc1ncsc1-c1ccc(C(C)NC(=O)[C@@H]2C[C@@H](O)CN2C(=O)C(NC(=O)CCCCCCCCCC(=O)O)C(C)C)cc1. The number of rotatable bonds is 17. The third kappa shape index (κ3) is 10.4. The van der Waals surface area contributed by atoms with Gasteiger partial charge in [0.05, 0.1) is 28.2 Å². The van der Waals surface area contributed by atoms with E-state index in [1.165, 1.54) is 4.90 Å². The number of nitrogens with zero attached hydrogens (tertiary/aromatic N) is 2. The van der Waals surface area contributed by atoms with Crippen LogP contribution in [0, 0.1) is 12.8 Å². The van der Waals surface area contributed by atoms with Gasteiger partial charge in [-0.05, 0) is 43.7 Å². The molecule has 1 saturated heterocycles. The normalized spacial score (nSPS) is 17.8. The zero-order chi connectivity index (χ0) is 32.2. The van der Waals surface area contributed by atoms with E-state index >= 15 is 0 Å². The second-order valence-corrected chi connectivity index (χ2v) is 13.0. The first-order chi connectivity index (χ1) is 21.0. The second-order valence-electron chi connectivity index (χ2n) is 12.2. The highest BCUT2D eigenvalue weighted by molar-refractivity contribution is 7.13. The smallest absolute Gasteiger partial charge is 0.303 e. The molecule has 242 valence electrons. The Morgan fingerprint density at radius 3 is 2.14 bits per heavy atom. The molecule has 10 nitrogen and oxygen atoms in total. The maximum atomic E-state index is 13.6. The van der Waals surface area contributed by atoms with Crippen LogP contribution >= 0.6 is 11.3 Å². The first-order valence-electron chi connectivity index (χ1n) is 15.8. The minimum Gasteiger partial charge on any atom is -0.481 e. The predicted molar refractivity (Wildman–Crippen MR) is 171 cm³/mol. The number of carboxylic acids is 1. The van der Waals surface area contributed by atoms with E-state index in [2.05, 4.69) is 15.6 Å². The molecule has 0 bridgehead atoms. The molecule has 4 N–H and O–H groups in total. The van der Waals surface area contributed by atoms with Crippen LogP contribution in [0.1, 0.15) is 102 Å². The van der Waals surface area contributed by atoms with E-state index in [0.717, 1.165) is 53.8 Å². The molecular formula is C33H48N4O6S. The van der Waals surface area contributed by atoms with Crippen molar-refractivity contribution in [3.8, 4) is 10.4 Å². The molecule has 0 radical (unpaired) electrons. The van der Waals surface area contributed by atoms with Gasteiger partial charge in [-0.1, -0.05) is 70.2 Å².